The van der Waals surface area contributed by atoms with E-state index in [9.17, 15) is 10.2 Å². The maximum absolute atomic E-state index is 9.69. The zero-order valence-electron chi connectivity index (χ0n) is 18.0. The Morgan fingerprint density at radius 2 is 1.10 bits per heavy atom. The quantitative estimate of drug-likeness (QED) is 0.450. The normalized spacial score (nSPS) is 19.4. The summed E-state index contributed by atoms with van der Waals surface area (Å²) in [5, 5.41) is 28.0. The lowest BCUT2D eigenvalue weighted by molar-refractivity contribution is 0.0627. The number of hydrogen-bond donors (Lipinski definition) is 3. The largest absolute Gasteiger partial charge is 0.508 e. The van der Waals surface area contributed by atoms with Gasteiger partial charge in [-0.2, -0.15) is 0 Å². The van der Waals surface area contributed by atoms with Gasteiger partial charge in [0, 0.05) is 5.41 Å². The number of aromatic hydroxyl groups is 3. The molecule has 1 fully saturated rings. The number of hydrogen-bond acceptors (Lipinski definition) is 3. The van der Waals surface area contributed by atoms with Crippen LogP contribution in [-0.4, -0.2) is 15.3 Å². The summed E-state index contributed by atoms with van der Waals surface area (Å²) in [4.78, 5) is 0. The predicted molar refractivity (Wildman–Crippen MR) is 122 cm³/mol. The molecule has 1 aliphatic rings. The molecular weight excluding hydrogens is 372 g/mol. The number of phenolic OH excluding ortho intramolecular Hbond substituents is 3. The molecule has 1 aliphatic carbocycles. The summed E-state index contributed by atoms with van der Waals surface area (Å²) in [5.74, 6) is 1.52. The molecule has 30 heavy (non-hydrogen) atoms. The van der Waals surface area contributed by atoms with Crippen LogP contribution < -0.4 is 0 Å². The van der Waals surface area contributed by atoms with E-state index in [1.165, 1.54) is 24.0 Å². The molecule has 0 radical (unpaired) electrons. The number of para-hydroxylation sites is 1. The Kier molecular flexibility index (Phi) is 6.40. The molecule has 1 unspecified atom stereocenters. The van der Waals surface area contributed by atoms with E-state index in [1.807, 2.05) is 6.07 Å². The van der Waals surface area contributed by atoms with Crippen LogP contribution in [0.15, 0.2) is 78.9 Å². The van der Waals surface area contributed by atoms with Crippen LogP contribution in [0.1, 0.15) is 51.2 Å². The van der Waals surface area contributed by atoms with Crippen molar-refractivity contribution in [1.82, 2.24) is 0 Å². The molecule has 0 aromatic heterocycles. The molecule has 3 aromatic rings. The van der Waals surface area contributed by atoms with E-state index >= 15 is 0 Å². The first-order valence-corrected chi connectivity index (χ1v) is 10.6. The lowest BCUT2D eigenvalue weighted by Crippen LogP contribution is -2.49. The van der Waals surface area contributed by atoms with Gasteiger partial charge in [0.2, 0.25) is 0 Å². The third-order valence-electron chi connectivity index (χ3n) is 7.00. The van der Waals surface area contributed by atoms with E-state index in [1.54, 1.807) is 48.5 Å². The van der Waals surface area contributed by atoms with Gasteiger partial charge >= 0.3 is 0 Å². The Bertz CT molecular complexity index is 883. The van der Waals surface area contributed by atoms with Crippen LogP contribution in [0.3, 0.4) is 0 Å². The van der Waals surface area contributed by atoms with Gasteiger partial charge in [-0.3, -0.25) is 0 Å². The minimum Gasteiger partial charge on any atom is -0.508 e. The minimum atomic E-state index is -0.105. The van der Waals surface area contributed by atoms with E-state index in [2.05, 4.69) is 45.0 Å². The number of benzene rings is 3. The van der Waals surface area contributed by atoms with Crippen molar-refractivity contribution in [2.75, 3.05) is 0 Å². The van der Waals surface area contributed by atoms with Crippen molar-refractivity contribution in [2.24, 2.45) is 11.3 Å². The maximum atomic E-state index is 9.69. The summed E-state index contributed by atoms with van der Waals surface area (Å²) in [5.41, 5.74) is 2.47. The molecule has 158 valence electrons. The molecule has 1 saturated carbocycles. The van der Waals surface area contributed by atoms with Crippen molar-refractivity contribution in [3.8, 4) is 17.2 Å². The smallest absolute Gasteiger partial charge is 0.115 e. The average Bonchev–Trinajstić information content (AvgIpc) is 2.73. The van der Waals surface area contributed by atoms with Gasteiger partial charge in [0.05, 0.1) is 0 Å². The molecule has 3 heteroatoms. The van der Waals surface area contributed by atoms with Crippen molar-refractivity contribution < 1.29 is 15.3 Å². The van der Waals surface area contributed by atoms with Crippen LogP contribution in [0.2, 0.25) is 0 Å². The van der Waals surface area contributed by atoms with Crippen molar-refractivity contribution in [1.29, 1.82) is 0 Å². The fourth-order valence-corrected chi connectivity index (χ4v) is 4.90. The molecule has 0 heterocycles. The van der Waals surface area contributed by atoms with E-state index in [4.69, 9.17) is 5.11 Å². The molecule has 0 spiro atoms. The molecule has 0 saturated heterocycles. The topological polar surface area (TPSA) is 60.7 Å². The molecule has 3 N–H and O–H groups in total. The second-order valence-corrected chi connectivity index (χ2v) is 8.85. The van der Waals surface area contributed by atoms with Gasteiger partial charge in [0.15, 0.2) is 0 Å². The molecule has 0 amide bonds. The lowest BCUT2D eigenvalue weighted by atomic mass is 9.49. The molecule has 3 aromatic carbocycles. The van der Waals surface area contributed by atoms with Gasteiger partial charge in [-0.1, -0.05) is 76.1 Å². The lowest BCUT2D eigenvalue weighted by Gasteiger charge is -2.55. The van der Waals surface area contributed by atoms with Crippen LogP contribution in [0.5, 0.6) is 17.2 Å². The molecule has 4 rings (SSSR count). The monoisotopic (exact) mass is 404 g/mol. The van der Waals surface area contributed by atoms with Crippen LogP contribution in [0, 0.1) is 11.3 Å². The summed E-state index contributed by atoms with van der Waals surface area (Å²) in [7, 11) is 0. The molecule has 3 nitrogen and oxygen atoms in total. The van der Waals surface area contributed by atoms with E-state index < -0.39 is 0 Å². The van der Waals surface area contributed by atoms with Gasteiger partial charge in [-0.25, -0.2) is 0 Å². The van der Waals surface area contributed by atoms with Gasteiger partial charge < -0.3 is 15.3 Å². The van der Waals surface area contributed by atoms with Crippen LogP contribution in [-0.2, 0) is 5.41 Å². The first-order valence-electron chi connectivity index (χ1n) is 10.6. The Hall–Kier alpha value is -2.94. The number of rotatable bonds is 2. The van der Waals surface area contributed by atoms with Gasteiger partial charge in [0.25, 0.3) is 0 Å². The summed E-state index contributed by atoms with van der Waals surface area (Å²) in [6.07, 6.45) is 3.51. The van der Waals surface area contributed by atoms with E-state index in [-0.39, 0.29) is 10.8 Å². The second-order valence-electron chi connectivity index (χ2n) is 8.85. The van der Waals surface area contributed by atoms with Gasteiger partial charge in [-0.05, 0) is 65.3 Å². The highest BCUT2D eigenvalue weighted by molar-refractivity contribution is 5.46. The number of phenols is 3. The first-order chi connectivity index (χ1) is 14.3. The molecule has 1 atom stereocenters. The fourth-order valence-electron chi connectivity index (χ4n) is 4.90. The van der Waals surface area contributed by atoms with Crippen molar-refractivity contribution in [2.45, 2.75) is 45.4 Å². The van der Waals surface area contributed by atoms with Crippen LogP contribution in [0.25, 0.3) is 0 Å². The zero-order valence-corrected chi connectivity index (χ0v) is 18.0. The zero-order chi connectivity index (χ0) is 21.8. The van der Waals surface area contributed by atoms with Crippen molar-refractivity contribution >= 4 is 0 Å². The first kappa shape index (κ1) is 21.8. The SMILES string of the molecule is CC1CCCC(c2ccc(O)cc2)(c2ccc(O)cc2)C1(C)C.Oc1ccccc1. The minimum absolute atomic E-state index is 0.0825. The van der Waals surface area contributed by atoms with Crippen molar-refractivity contribution in [3.05, 3.63) is 90.0 Å². The average molecular weight is 405 g/mol. The Labute approximate surface area is 179 Å². The Morgan fingerprint density at radius 1 is 0.667 bits per heavy atom. The highest BCUT2D eigenvalue weighted by Gasteiger charge is 2.52. The van der Waals surface area contributed by atoms with E-state index in [0.29, 0.717) is 23.2 Å². The Morgan fingerprint density at radius 3 is 1.50 bits per heavy atom. The highest BCUT2D eigenvalue weighted by Crippen LogP contribution is 2.58. The predicted octanol–water partition coefficient (Wildman–Crippen LogP) is 6.62. The molecular formula is C27H32O3. The van der Waals surface area contributed by atoms with Crippen LogP contribution in [0.4, 0.5) is 0 Å². The van der Waals surface area contributed by atoms with Crippen molar-refractivity contribution in [3.63, 3.8) is 0 Å². The van der Waals surface area contributed by atoms with E-state index in [0.717, 1.165) is 6.42 Å². The van der Waals surface area contributed by atoms with Crippen LogP contribution >= 0.6 is 0 Å². The summed E-state index contributed by atoms with van der Waals surface area (Å²) in [6.45, 7) is 7.06. The highest BCUT2D eigenvalue weighted by atomic mass is 16.3. The summed E-state index contributed by atoms with van der Waals surface area (Å²) in [6, 6.07) is 24.1. The summed E-state index contributed by atoms with van der Waals surface area (Å²) >= 11 is 0. The second kappa shape index (κ2) is 8.83. The van der Waals surface area contributed by atoms with Gasteiger partial charge in [-0.15, -0.1) is 0 Å². The third kappa shape index (κ3) is 4.16. The third-order valence-corrected chi connectivity index (χ3v) is 7.00. The molecule has 0 aliphatic heterocycles. The fraction of sp³-hybridized carbons (Fsp3) is 0.333. The standard InChI is InChI=1S/C21H26O2.C6H6O/c1-15-5-4-14-21(20(15,2)3,16-6-10-18(22)11-7-16)17-8-12-19(23)13-9-17;7-6-4-2-1-3-5-6/h6-13,15,22-23H,4-5,14H2,1-3H3;1-5,7H. The van der Waals surface area contributed by atoms with Gasteiger partial charge in [0.1, 0.15) is 17.2 Å². The molecule has 0 bridgehead atoms. The maximum Gasteiger partial charge on any atom is 0.115 e. The Balaban J connectivity index is 0.000000310. The summed E-state index contributed by atoms with van der Waals surface area (Å²) < 4.78 is 0.